The number of piperidine rings is 1. The van der Waals surface area contributed by atoms with Crippen LogP contribution in [-0.4, -0.2) is 47.8 Å². The number of benzene rings is 1. The number of nitrogens with one attached hydrogen (secondary N) is 1. The minimum absolute atomic E-state index is 0.174. The van der Waals surface area contributed by atoms with Crippen molar-refractivity contribution in [3.63, 3.8) is 0 Å². The lowest BCUT2D eigenvalue weighted by Gasteiger charge is -2.36. The summed E-state index contributed by atoms with van der Waals surface area (Å²) >= 11 is 0. The highest BCUT2D eigenvalue weighted by Gasteiger charge is 2.22. The molecule has 1 aromatic carbocycles. The largest absolute Gasteiger partial charge is 0.395 e. The molecule has 2 N–H and O–H groups in total. The molecule has 1 aliphatic heterocycles. The van der Waals surface area contributed by atoms with Crippen molar-refractivity contribution in [1.82, 2.24) is 10.2 Å². The molecule has 1 unspecified atom stereocenters. The lowest BCUT2D eigenvalue weighted by atomic mass is 10.0. The van der Waals surface area contributed by atoms with Crippen molar-refractivity contribution in [3.8, 4) is 0 Å². The van der Waals surface area contributed by atoms with Gasteiger partial charge in [0.1, 0.15) is 0 Å². The van der Waals surface area contributed by atoms with Crippen LogP contribution in [0.1, 0.15) is 32.3 Å². The molecule has 3 heteroatoms. The van der Waals surface area contributed by atoms with Crippen LogP contribution in [0.15, 0.2) is 30.3 Å². The minimum Gasteiger partial charge on any atom is -0.395 e. The topological polar surface area (TPSA) is 35.5 Å². The van der Waals surface area contributed by atoms with Gasteiger partial charge in [0.25, 0.3) is 0 Å². The second kappa shape index (κ2) is 7.77. The van der Waals surface area contributed by atoms with E-state index in [4.69, 9.17) is 0 Å². The molecule has 0 aliphatic carbocycles. The van der Waals surface area contributed by atoms with E-state index in [1.54, 1.807) is 0 Å². The van der Waals surface area contributed by atoms with E-state index in [1.165, 1.54) is 31.5 Å². The van der Waals surface area contributed by atoms with E-state index >= 15 is 0 Å². The first-order valence-corrected chi connectivity index (χ1v) is 7.84. The number of nitrogens with zero attached hydrogens (tertiary/aromatic N) is 1. The SMILES string of the molecule is CC(C)N1CCC(NC(CO)Cc2ccccc2)CC1. The number of hydrogen-bond acceptors (Lipinski definition) is 3. The van der Waals surface area contributed by atoms with E-state index in [9.17, 15) is 5.11 Å². The maximum Gasteiger partial charge on any atom is 0.0587 e. The maximum absolute atomic E-state index is 9.59. The van der Waals surface area contributed by atoms with Crippen molar-refractivity contribution < 1.29 is 5.11 Å². The fraction of sp³-hybridized carbons (Fsp3) is 0.647. The predicted molar refractivity (Wildman–Crippen MR) is 83.9 cm³/mol. The summed E-state index contributed by atoms with van der Waals surface area (Å²) in [6, 6.07) is 11.8. The van der Waals surface area contributed by atoms with E-state index < -0.39 is 0 Å². The van der Waals surface area contributed by atoms with Crippen molar-refractivity contribution in [3.05, 3.63) is 35.9 Å². The Morgan fingerprint density at radius 2 is 1.85 bits per heavy atom. The van der Waals surface area contributed by atoms with Crippen molar-refractivity contribution >= 4 is 0 Å². The molecule has 1 aliphatic rings. The van der Waals surface area contributed by atoms with E-state index in [-0.39, 0.29) is 12.6 Å². The normalized spacial score (nSPS) is 19.4. The molecule has 3 nitrogen and oxygen atoms in total. The second-order valence-corrected chi connectivity index (χ2v) is 6.14. The Bertz CT molecular complexity index is 372. The molecule has 1 aromatic rings. The zero-order chi connectivity index (χ0) is 14.4. The van der Waals surface area contributed by atoms with Gasteiger partial charge in [0.2, 0.25) is 0 Å². The highest BCUT2D eigenvalue weighted by Crippen LogP contribution is 2.14. The first-order valence-electron chi connectivity index (χ1n) is 7.84. The summed E-state index contributed by atoms with van der Waals surface area (Å²) in [5.41, 5.74) is 1.29. The third-order valence-corrected chi connectivity index (χ3v) is 4.28. The molecule has 0 amide bonds. The van der Waals surface area contributed by atoms with Gasteiger partial charge < -0.3 is 15.3 Å². The third-order valence-electron chi connectivity index (χ3n) is 4.28. The Morgan fingerprint density at radius 3 is 2.40 bits per heavy atom. The molecule has 1 saturated heterocycles. The smallest absolute Gasteiger partial charge is 0.0587 e. The predicted octanol–water partition coefficient (Wildman–Crippen LogP) is 2.05. The lowest BCUT2D eigenvalue weighted by molar-refractivity contribution is 0.146. The summed E-state index contributed by atoms with van der Waals surface area (Å²) in [4.78, 5) is 2.53. The highest BCUT2D eigenvalue weighted by atomic mass is 16.3. The van der Waals surface area contributed by atoms with E-state index in [1.807, 2.05) is 6.07 Å². The van der Waals surface area contributed by atoms with Crippen LogP contribution in [0.3, 0.4) is 0 Å². The molecule has 112 valence electrons. The first kappa shape index (κ1) is 15.5. The fourth-order valence-electron chi connectivity index (χ4n) is 2.99. The van der Waals surface area contributed by atoms with Crippen LogP contribution in [0.25, 0.3) is 0 Å². The van der Waals surface area contributed by atoms with Crippen LogP contribution < -0.4 is 5.32 Å². The molecule has 0 spiro atoms. The quantitative estimate of drug-likeness (QED) is 0.835. The van der Waals surface area contributed by atoms with Crippen LogP contribution in [0, 0.1) is 0 Å². The fourth-order valence-corrected chi connectivity index (χ4v) is 2.99. The van der Waals surface area contributed by atoms with Crippen LogP contribution >= 0.6 is 0 Å². The Balaban J connectivity index is 1.79. The van der Waals surface area contributed by atoms with Gasteiger partial charge in [-0.1, -0.05) is 30.3 Å². The number of hydrogen-bond donors (Lipinski definition) is 2. The molecule has 1 heterocycles. The van der Waals surface area contributed by atoms with Crippen LogP contribution in [-0.2, 0) is 6.42 Å². The van der Waals surface area contributed by atoms with Gasteiger partial charge in [-0.25, -0.2) is 0 Å². The first-order chi connectivity index (χ1) is 9.69. The van der Waals surface area contributed by atoms with Gasteiger partial charge in [-0.05, 0) is 51.8 Å². The second-order valence-electron chi connectivity index (χ2n) is 6.14. The molecule has 0 radical (unpaired) electrons. The summed E-state index contributed by atoms with van der Waals surface area (Å²) in [5.74, 6) is 0. The molecule has 0 aromatic heterocycles. The summed E-state index contributed by atoms with van der Waals surface area (Å²) in [7, 11) is 0. The van der Waals surface area contributed by atoms with Crippen molar-refractivity contribution in [2.75, 3.05) is 19.7 Å². The van der Waals surface area contributed by atoms with Gasteiger partial charge in [0.15, 0.2) is 0 Å². The molecule has 2 rings (SSSR count). The van der Waals surface area contributed by atoms with E-state index in [0.29, 0.717) is 12.1 Å². The molecular formula is C17H28N2O. The summed E-state index contributed by atoms with van der Waals surface area (Å²) in [6.07, 6.45) is 3.27. The lowest BCUT2D eigenvalue weighted by Crippen LogP contribution is -2.49. The monoisotopic (exact) mass is 276 g/mol. The molecule has 0 bridgehead atoms. The van der Waals surface area contributed by atoms with Crippen molar-refractivity contribution in [2.45, 2.75) is 51.2 Å². The standard InChI is InChI=1S/C17H28N2O/c1-14(2)19-10-8-16(9-11-19)18-17(13-20)12-15-6-4-3-5-7-15/h3-7,14,16-18,20H,8-13H2,1-2H3. The number of likely N-dealkylation sites (tertiary alicyclic amines) is 1. The van der Waals surface area contributed by atoms with Crippen molar-refractivity contribution in [2.24, 2.45) is 0 Å². The number of rotatable bonds is 6. The Kier molecular flexibility index (Phi) is 6.02. The zero-order valence-corrected chi connectivity index (χ0v) is 12.8. The van der Waals surface area contributed by atoms with Gasteiger partial charge in [0, 0.05) is 18.1 Å². The summed E-state index contributed by atoms with van der Waals surface area (Å²) in [6.45, 7) is 7.07. The van der Waals surface area contributed by atoms with Gasteiger partial charge >= 0.3 is 0 Å². The molecule has 1 fully saturated rings. The Morgan fingerprint density at radius 1 is 1.20 bits per heavy atom. The Hall–Kier alpha value is -0.900. The average Bonchev–Trinajstić information content (AvgIpc) is 2.48. The maximum atomic E-state index is 9.59. The van der Waals surface area contributed by atoms with Gasteiger partial charge in [0.05, 0.1) is 6.61 Å². The highest BCUT2D eigenvalue weighted by molar-refractivity contribution is 5.16. The third kappa shape index (κ3) is 4.58. The molecular weight excluding hydrogens is 248 g/mol. The number of aliphatic hydroxyl groups is 1. The van der Waals surface area contributed by atoms with Gasteiger partial charge in [-0.3, -0.25) is 0 Å². The van der Waals surface area contributed by atoms with Gasteiger partial charge in [-0.2, -0.15) is 0 Å². The molecule has 1 atom stereocenters. The summed E-state index contributed by atoms with van der Waals surface area (Å²) in [5, 5.41) is 13.2. The van der Waals surface area contributed by atoms with E-state index in [2.05, 4.69) is 48.3 Å². The van der Waals surface area contributed by atoms with Crippen LogP contribution in [0.5, 0.6) is 0 Å². The summed E-state index contributed by atoms with van der Waals surface area (Å²) < 4.78 is 0. The Labute approximate surface area is 123 Å². The number of aliphatic hydroxyl groups excluding tert-OH is 1. The molecule has 0 saturated carbocycles. The average molecular weight is 276 g/mol. The minimum atomic E-state index is 0.174. The van der Waals surface area contributed by atoms with E-state index in [0.717, 1.165) is 6.42 Å². The molecule has 20 heavy (non-hydrogen) atoms. The van der Waals surface area contributed by atoms with Crippen LogP contribution in [0.2, 0.25) is 0 Å². The van der Waals surface area contributed by atoms with Crippen molar-refractivity contribution in [1.29, 1.82) is 0 Å². The van der Waals surface area contributed by atoms with Gasteiger partial charge in [-0.15, -0.1) is 0 Å². The zero-order valence-electron chi connectivity index (χ0n) is 12.8. The van der Waals surface area contributed by atoms with Crippen LogP contribution in [0.4, 0.5) is 0 Å².